The molecule has 7 nitrogen and oxygen atoms in total. The first-order valence-corrected chi connectivity index (χ1v) is 8.87. The maximum atomic E-state index is 12.4. The van der Waals surface area contributed by atoms with E-state index in [-0.39, 0.29) is 35.7 Å². The second-order valence-corrected chi connectivity index (χ2v) is 6.98. The molecule has 2 N–H and O–H groups in total. The van der Waals surface area contributed by atoms with E-state index in [2.05, 4.69) is 22.4 Å². The highest BCUT2D eigenvalue weighted by Crippen LogP contribution is 2.45. The standard InChI is InChI=1S/C20H19N3O4/c24-18-9-14(22-19(25)13-6-7-21-16(8-13)20(26)27)11-23(18)17-10-15(17)12-4-2-1-3-5-12/h1-8,14-15,17H,9-11H2,(H,22,25)(H,26,27). The molecule has 2 amide bonds. The Labute approximate surface area is 156 Å². The Kier molecular flexibility index (Phi) is 4.35. The first kappa shape index (κ1) is 17.2. The van der Waals surface area contributed by atoms with Crippen LogP contribution in [-0.4, -0.2) is 51.4 Å². The normalized spacial score (nSPS) is 23.9. The summed E-state index contributed by atoms with van der Waals surface area (Å²) in [5.41, 5.74) is 1.28. The number of aromatic carboxylic acids is 1. The van der Waals surface area contributed by atoms with Crippen LogP contribution in [0.4, 0.5) is 0 Å². The number of carbonyl (C=O) groups excluding carboxylic acids is 2. The van der Waals surface area contributed by atoms with Crippen LogP contribution >= 0.6 is 0 Å². The number of pyridine rings is 1. The van der Waals surface area contributed by atoms with Gasteiger partial charge in [-0.3, -0.25) is 9.59 Å². The minimum absolute atomic E-state index is 0.0460. The van der Waals surface area contributed by atoms with Crippen LogP contribution in [0.15, 0.2) is 48.7 Å². The SMILES string of the molecule is O=C(NC1CC(=O)N(C2CC2c2ccccc2)C1)c1ccnc(C(=O)O)c1. The molecule has 1 saturated carbocycles. The van der Waals surface area contributed by atoms with E-state index >= 15 is 0 Å². The van der Waals surface area contributed by atoms with Gasteiger partial charge in [-0.15, -0.1) is 0 Å². The van der Waals surface area contributed by atoms with E-state index in [1.165, 1.54) is 23.9 Å². The Morgan fingerprint density at radius 1 is 1.19 bits per heavy atom. The number of likely N-dealkylation sites (tertiary alicyclic amines) is 1. The Hall–Kier alpha value is -3.22. The van der Waals surface area contributed by atoms with Gasteiger partial charge in [0.15, 0.2) is 0 Å². The molecule has 3 unspecified atom stereocenters. The average molecular weight is 365 g/mol. The van der Waals surface area contributed by atoms with E-state index in [1.807, 2.05) is 23.1 Å². The van der Waals surface area contributed by atoms with Gasteiger partial charge in [-0.25, -0.2) is 9.78 Å². The summed E-state index contributed by atoms with van der Waals surface area (Å²) in [5, 5.41) is 11.8. The molecule has 1 aliphatic carbocycles. The number of carbonyl (C=O) groups is 3. The van der Waals surface area contributed by atoms with Crippen LogP contribution in [0.2, 0.25) is 0 Å². The molecule has 1 aromatic carbocycles. The summed E-state index contributed by atoms with van der Waals surface area (Å²) in [6.07, 6.45) is 2.50. The van der Waals surface area contributed by atoms with Gasteiger partial charge in [0, 0.05) is 36.7 Å². The van der Waals surface area contributed by atoms with E-state index in [0.29, 0.717) is 12.5 Å². The van der Waals surface area contributed by atoms with Crippen LogP contribution in [-0.2, 0) is 4.79 Å². The number of benzene rings is 1. The predicted molar refractivity (Wildman–Crippen MR) is 96.4 cm³/mol. The first-order valence-electron chi connectivity index (χ1n) is 8.87. The average Bonchev–Trinajstić information content (AvgIpc) is 3.39. The molecule has 1 saturated heterocycles. The summed E-state index contributed by atoms with van der Waals surface area (Å²) in [5.74, 6) is -1.17. The Balaban J connectivity index is 1.38. The van der Waals surface area contributed by atoms with Gasteiger partial charge >= 0.3 is 5.97 Å². The van der Waals surface area contributed by atoms with Gasteiger partial charge < -0.3 is 15.3 Å². The van der Waals surface area contributed by atoms with Crippen molar-refractivity contribution in [3.8, 4) is 0 Å². The largest absolute Gasteiger partial charge is 0.477 e. The Morgan fingerprint density at radius 2 is 1.96 bits per heavy atom. The molecule has 2 fully saturated rings. The molecule has 27 heavy (non-hydrogen) atoms. The summed E-state index contributed by atoms with van der Waals surface area (Å²) >= 11 is 0. The Morgan fingerprint density at radius 3 is 2.70 bits per heavy atom. The van der Waals surface area contributed by atoms with Crippen molar-refractivity contribution in [3.05, 3.63) is 65.5 Å². The fourth-order valence-corrected chi connectivity index (χ4v) is 3.69. The maximum absolute atomic E-state index is 12.4. The summed E-state index contributed by atoms with van der Waals surface area (Å²) in [7, 11) is 0. The highest BCUT2D eigenvalue weighted by molar-refractivity contribution is 5.97. The van der Waals surface area contributed by atoms with Crippen LogP contribution < -0.4 is 5.32 Å². The van der Waals surface area contributed by atoms with E-state index in [9.17, 15) is 14.4 Å². The number of nitrogens with zero attached hydrogens (tertiary/aromatic N) is 2. The lowest BCUT2D eigenvalue weighted by Gasteiger charge is -2.17. The fourth-order valence-electron chi connectivity index (χ4n) is 3.69. The highest BCUT2D eigenvalue weighted by atomic mass is 16.4. The predicted octanol–water partition coefficient (Wildman–Crippen LogP) is 1.67. The third kappa shape index (κ3) is 3.53. The van der Waals surface area contributed by atoms with Crippen molar-refractivity contribution in [1.82, 2.24) is 15.2 Å². The van der Waals surface area contributed by atoms with Gasteiger partial charge in [-0.2, -0.15) is 0 Å². The monoisotopic (exact) mass is 365 g/mol. The van der Waals surface area contributed by atoms with Crippen LogP contribution in [0.1, 0.15) is 45.2 Å². The zero-order valence-electron chi connectivity index (χ0n) is 14.5. The highest BCUT2D eigenvalue weighted by Gasteiger charge is 2.47. The number of carboxylic acid groups (broad SMARTS) is 1. The zero-order valence-corrected chi connectivity index (χ0v) is 14.5. The molecule has 0 bridgehead atoms. The molecule has 2 heterocycles. The van der Waals surface area contributed by atoms with Crippen LogP contribution in [0.5, 0.6) is 0 Å². The molecule has 1 aliphatic heterocycles. The summed E-state index contributed by atoms with van der Waals surface area (Å²) in [4.78, 5) is 41.3. The topological polar surface area (TPSA) is 99.6 Å². The number of nitrogens with one attached hydrogen (secondary N) is 1. The van der Waals surface area contributed by atoms with E-state index < -0.39 is 11.9 Å². The van der Waals surface area contributed by atoms with E-state index in [1.54, 1.807) is 0 Å². The molecule has 2 aromatic rings. The lowest BCUT2D eigenvalue weighted by molar-refractivity contribution is -0.128. The van der Waals surface area contributed by atoms with Crippen molar-refractivity contribution >= 4 is 17.8 Å². The molecule has 4 rings (SSSR count). The molecular formula is C20H19N3O4. The first-order chi connectivity index (χ1) is 13.0. The fraction of sp³-hybridized carbons (Fsp3) is 0.300. The smallest absolute Gasteiger partial charge is 0.354 e. The van der Waals surface area contributed by atoms with Crippen molar-refractivity contribution in [2.75, 3.05) is 6.54 Å². The molecule has 2 aliphatic rings. The lowest BCUT2D eigenvalue weighted by atomic mass is 10.1. The molecule has 7 heteroatoms. The Bertz CT molecular complexity index is 899. The van der Waals surface area contributed by atoms with Gasteiger partial charge in [-0.05, 0) is 24.1 Å². The number of amides is 2. The number of hydrogen-bond acceptors (Lipinski definition) is 4. The molecule has 138 valence electrons. The summed E-state index contributed by atoms with van der Waals surface area (Å²) < 4.78 is 0. The summed E-state index contributed by atoms with van der Waals surface area (Å²) in [6.45, 7) is 0.482. The minimum atomic E-state index is -1.19. The van der Waals surface area contributed by atoms with Gasteiger partial charge in [0.1, 0.15) is 5.69 Å². The number of rotatable bonds is 5. The lowest BCUT2D eigenvalue weighted by Crippen LogP contribution is -2.38. The maximum Gasteiger partial charge on any atom is 0.354 e. The zero-order chi connectivity index (χ0) is 19.0. The second kappa shape index (κ2) is 6.83. The van der Waals surface area contributed by atoms with Gasteiger partial charge in [0.05, 0.1) is 6.04 Å². The minimum Gasteiger partial charge on any atom is -0.477 e. The van der Waals surface area contributed by atoms with Gasteiger partial charge in [-0.1, -0.05) is 30.3 Å². The second-order valence-electron chi connectivity index (χ2n) is 6.98. The quantitative estimate of drug-likeness (QED) is 0.840. The molecule has 3 atom stereocenters. The van der Waals surface area contributed by atoms with Crippen LogP contribution in [0.25, 0.3) is 0 Å². The van der Waals surface area contributed by atoms with Crippen LogP contribution in [0.3, 0.4) is 0 Å². The summed E-state index contributed by atoms with van der Waals surface area (Å²) in [6, 6.07) is 12.7. The molecule has 1 aromatic heterocycles. The third-order valence-corrected chi connectivity index (χ3v) is 5.12. The van der Waals surface area contributed by atoms with E-state index in [0.717, 1.165) is 6.42 Å². The van der Waals surface area contributed by atoms with Gasteiger partial charge in [0.25, 0.3) is 5.91 Å². The number of carboxylic acids is 1. The van der Waals surface area contributed by atoms with Crippen LogP contribution in [0, 0.1) is 0 Å². The van der Waals surface area contributed by atoms with Crippen molar-refractivity contribution < 1.29 is 19.5 Å². The van der Waals surface area contributed by atoms with Crippen molar-refractivity contribution in [3.63, 3.8) is 0 Å². The molecule has 0 radical (unpaired) electrons. The van der Waals surface area contributed by atoms with Crippen molar-refractivity contribution in [2.45, 2.75) is 30.8 Å². The van der Waals surface area contributed by atoms with Crippen molar-refractivity contribution in [2.24, 2.45) is 0 Å². The third-order valence-electron chi connectivity index (χ3n) is 5.12. The molecule has 0 spiro atoms. The molecular weight excluding hydrogens is 346 g/mol. The number of hydrogen-bond donors (Lipinski definition) is 2. The van der Waals surface area contributed by atoms with E-state index in [4.69, 9.17) is 5.11 Å². The number of aromatic nitrogens is 1. The van der Waals surface area contributed by atoms with Gasteiger partial charge in [0.2, 0.25) is 5.91 Å². The van der Waals surface area contributed by atoms with Crippen molar-refractivity contribution in [1.29, 1.82) is 0 Å².